The second kappa shape index (κ2) is 6.95. The molecule has 0 aliphatic carbocycles. The van der Waals surface area contributed by atoms with Crippen LogP contribution in [0.5, 0.6) is 0 Å². The highest BCUT2D eigenvalue weighted by Gasteiger charge is 2.14. The molecule has 3 aromatic rings. The molecule has 2 amide bonds. The summed E-state index contributed by atoms with van der Waals surface area (Å²) in [7, 11) is 0. The van der Waals surface area contributed by atoms with Crippen LogP contribution >= 0.6 is 54.5 Å². The predicted molar refractivity (Wildman–Crippen MR) is 96.6 cm³/mol. The number of aromatic amines is 1. The Morgan fingerprint density at radius 3 is 2.48 bits per heavy atom. The second-order valence-corrected chi connectivity index (χ2v) is 7.91. The third-order valence-corrected chi connectivity index (χ3v) is 5.86. The average molecular weight is 476 g/mol. The first kappa shape index (κ1) is 16.4. The van der Waals surface area contributed by atoms with Gasteiger partial charge in [0, 0.05) is 25.9 Å². The fraction of sp³-hybridized carbons (Fsp3) is 0. The monoisotopic (exact) mass is 474 g/mol. The van der Waals surface area contributed by atoms with Crippen LogP contribution < -0.4 is 10.9 Å². The number of nitrogens with one attached hydrogen (secondary N) is 3. The number of nitrogens with zero attached hydrogens (tertiary/aromatic N) is 1. The zero-order valence-corrected chi connectivity index (χ0v) is 16.0. The molecule has 3 rings (SSSR count). The molecule has 0 unspecified atom stereocenters. The topological polar surface area (TPSA) is 86.9 Å². The van der Waals surface area contributed by atoms with E-state index in [2.05, 4.69) is 52.7 Å². The third kappa shape index (κ3) is 3.89. The Bertz CT molecular complexity index is 871. The number of thiazole rings is 1. The molecule has 0 spiro atoms. The number of hydrogen-bond acceptors (Lipinski definition) is 5. The highest BCUT2D eigenvalue weighted by Crippen LogP contribution is 2.31. The number of hydrazine groups is 1. The van der Waals surface area contributed by atoms with E-state index in [1.54, 1.807) is 17.6 Å². The first-order chi connectivity index (χ1) is 11.0. The fourth-order valence-corrected chi connectivity index (χ4v) is 4.31. The Hall–Kier alpha value is -1.49. The summed E-state index contributed by atoms with van der Waals surface area (Å²) < 4.78 is 1.73. The molecule has 0 aliphatic heterocycles. The molecule has 0 saturated heterocycles. The van der Waals surface area contributed by atoms with Crippen LogP contribution in [0.25, 0.3) is 9.88 Å². The van der Waals surface area contributed by atoms with Crippen LogP contribution in [0.2, 0.25) is 0 Å². The summed E-state index contributed by atoms with van der Waals surface area (Å²) in [5.74, 6) is -0.913. The highest BCUT2D eigenvalue weighted by atomic mass is 79.9. The normalized spacial score (nSPS) is 10.5. The minimum atomic E-state index is -0.470. The van der Waals surface area contributed by atoms with Gasteiger partial charge in [0.05, 0.1) is 4.88 Å². The molecule has 0 bridgehead atoms. The van der Waals surface area contributed by atoms with E-state index in [0.717, 1.165) is 18.8 Å². The van der Waals surface area contributed by atoms with Crippen molar-refractivity contribution in [3.8, 4) is 9.88 Å². The van der Waals surface area contributed by atoms with Crippen molar-refractivity contribution in [3.05, 3.63) is 49.4 Å². The second-order valence-electron chi connectivity index (χ2n) is 4.31. The van der Waals surface area contributed by atoms with E-state index in [1.807, 2.05) is 11.4 Å². The lowest BCUT2D eigenvalue weighted by atomic mass is 10.4. The molecule has 0 fully saturated rings. The van der Waals surface area contributed by atoms with Crippen LogP contribution in [0.4, 0.5) is 0 Å². The van der Waals surface area contributed by atoms with Crippen LogP contribution in [0.3, 0.4) is 0 Å². The number of halogens is 2. The summed E-state index contributed by atoms with van der Waals surface area (Å²) >= 11 is 9.53. The molecule has 0 saturated carbocycles. The first-order valence-corrected chi connectivity index (χ1v) is 9.52. The molecule has 0 radical (unpaired) electrons. The van der Waals surface area contributed by atoms with Gasteiger partial charge in [0.1, 0.15) is 16.4 Å². The van der Waals surface area contributed by atoms with Crippen LogP contribution in [0.15, 0.2) is 38.0 Å². The molecule has 23 heavy (non-hydrogen) atoms. The molecule has 6 nitrogen and oxygen atoms in total. The Morgan fingerprint density at radius 1 is 1.04 bits per heavy atom. The summed E-state index contributed by atoms with van der Waals surface area (Å²) in [6.45, 7) is 0. The Kier molecular flexibility index (Phi) is 4.95. The summed E-state index contributed by atoms with van der Waals surface area (Å²) in [5.41, 5.74) is 5.26. The Labute approximate surface area is 155 Å². The number of amides is 2. The van der Waals surface area contributed by atoms with Crippen LogP contribution in [-0.2, 0) is 0 Å². The van der Waals surface area contributed by atoms with Gasteiger partial charge in [-0.15, -0.1) is 22.7 Å². The van der Waals surface area contributed by atoms with E-state index in [0.29, 0.717) is 5.69 Å². The van der Waals surface area contributed by atoms with Gasteiger partial charge in [-0.2, -0.15) is 0 Å². The number of rotatable bonds is 3. The van der Waals surface area contributed by atoms with Gasteiger partial charge in [0.15, 0.2) is 0 Å². The third-order valence-electron chi connectivity index (χ3n) is 2.70. The molecular formula is C13H8Br2N4O2S2. The van der Waals surface area contributed by atoms with E-state index >= 15 is 0 Å². The van der Waals surface area contributed by atoms with Crippen molar-refractivity contribution in [2.45, 2.75) is 0 Å². The molecular weight excluding hydrogens is 468 g/mol. The zero-order chi connectivity index (χ0) is 16.4. The lowest BCUT2D eigenvalue weighted by molar-refractivity contribution is 0.0842. The maximum absolute atomic E-state index is 12.0. The minimum Gasteiger partial charge on any atom is -0.356 e. The van der Waals surface area contributed by atoms with Crippen molar-refractivity contribution in [2.75, 3.05) is 0 Å². The largest absolute Gasteiger partial charge is 0.356 e. The van der Waals surface area contributed by atoms with Crippen molar-refractivity contribution in [1.82, 2.24) is 20.8 Å². The lowest BCUT2D eigenvalue weighted by Crippen LogP contribution is -2.41. The van der Waals surface area contributed by atoms with Crippen molar-refractivity contribution >= 4 is 66.3 Å². The van der Waals surface area contributed by atoms with Gasteiger partial charge in [0.25, 0.3) is 11.8 Å². The van der Waals surface area contributed by atoms with Gasteiger partial charge in [-0.25, -0.2) is 4.98 Å². The quantitative estimate of drug-likeness (QED) is 0.503. The molecule has 3 N–H and O–H groups in total. The first-order valence-electron chi connectivity index (χ1n) is 6.17. The van der Waals surface area contributed by atoms with Crippen LogP contribution in [0, 0.1) is 0 Å². The van der Waals surface area contributed by atoms with E-state index in [1.165, 1.54) is 22.7 Å². The molecule has 3 aromatic heterocycles. The van der Waals surface area contributed by atoms with Gasteiger partial charge in [-0.05, 0) is 44.0 Å². The maximum Gasteiger partial charge on any atom is 0.289 e. The number of hydrogen-bond donors (Lipinski definition) is 3. The maximum atomic E-state index is 12.0. The van der Waals surface area contributed by atoms with Crippen molar-refractivity contribution in [3.63, 3.8) is 0 Å². The standard InChI is InChI=1S/C13H8Br2N4O2S2/c14-6-1-8(16-3-6)11(20)18-19-12(21)9-5-23-13(17-9)10-2-7(15)4-22-10/h1-5,16H,(H,18,20)(H,19,21). The van der Waals surface area contributed by atoms with E-state index in [4.69, 9.17) is 0 Å². The van der Waals surface area contributed by atoms with Gasteiger partial charge in [-0.1, -0.05) is 0 Å². The highest BCUT2D eigenvalue weighted by molar-refractivity contribution is 9.10. The van der Waals surface area contributed by atoms with Crippen molar-refractivity contribution in [2.24, 2.45) is 0 Å². The fourth-order valence-electron chi connectivity index (χ4n) is 1.66. The molecule has 118 valence electrons. The van der Waals surface area contributed by atoms with Gasteiger partial charge in [0.2, 0.25) is 0 Å². The summed E-state index contributed by atoms with van der Waals surface area (Å²) in [5, 5.41) is 4.35. The lowest BCUT2D eigenvalue weighted by Gasteiger charge is -2.04. The number of aromatic nitrogens is 2. The summed E-state index contributed by atoms with van der Waals surface area (Å²) in [6, 6.07) is 3.55. The molecule has 0 aliphatic rings. The number of thiophene rings is 1. The Morgan fingerprint density at radius 2 is 1.83 bits per heavy atom. The number of H-pyrrole nitrogens is 1. The van der Waals surface area contributed by atoms with Gasteiger partial charge >= 0.3 is 0 Å². The number of carbonyl (C=O) groups excluding carboxylic acids is 2. The Balaban J connectivity index is 1.62. The zero-order valence-electron chi connectivity index (χ0n) is 11.2. The average Bonchev–Trinajstić information content (AvgIpc) is 3.24. The SMILES string of the molecule is O=C(NNC(=O)c1cc(Br)c[nH]1)c1csc(-c2cc(Br)cs2)n1. The smallest absolute Gasteiger partial charge is 0.289 e. The molecule has 10 heteroatoms. The predicted octanol–water partition coefficient (Wildman–Crippen LogP) is 3.80. The van der Waals surface area contributed by atoms with E-state index in [-0.39, 0.29) is 5.69 Å². The molecule has 0 atom stereocenters. The summed E-state index contributed by atoms with van der Waals surface area (Å²) in [4.78, 5) is 31.9. The van der Waals surface area contributed by atoms with Crippen molar-refractivity contribution in [1.29, 1.82) is 0 Å². The van der Waals surface area contributed by atoms with E-state index < -0.39 is 11.8 Å². The van der Waals surface area contributed by atoms with Gasteiger partial charge < -0.3 is 4.98 Å². The summed E-state index contributed by atoms with van der Waals surface area (Å²) in [6.07, 6.45) is 1.63. The molecule has 0 aromatic carbocycles. The number of carbonyl (C=O) groups is 2. The van der Waals surface area contributed by atoms with Crippen molar-refractivity contribution < 1.29 is 9.59 Å². The van der Waals surface area contributed by atoms with Crippen LogP contribution in [0.1, 0.15) is 21.0 Å². The minimum absolute atomic E-state index is 0.252. The van der Waals surface area contributed by atoms with Crippen LogP contribution in [-0.4, -0.2) is 21.8 Å². The van der Waals surface area contributed by atoms with Gasteiger partial charge in [-0.3, -0.25) is 20.4 Å². The molecule has 3 heterocycles. The van der Waals surface area contributed by atoms with E-state index in [9.17, 15) is 9.59 Å².